The monoisotopic (exact) mass is 357 g/mol. The SMILES string of the molecule is CCc1c(C)nc2n(c1=O)CC(C(=O)Nc1cc(C)ccc1C)CS2. The average molecular weight is 357 g/mol. The number of aryl methyl sites for hydroxylation is 3. The molecular weight excluding hydrogens is 334 g/mol. The molecule has 2 heterocycles. The topological polar surface area (TPSA) is 64.0 Å². The van der Waals surface area contributed by atoms with Gasteiger partial charge in [0.15, 0.2) is 5.16 Å². The summed E-state index contributed by atoms with van der Waals surface area (Å²) < 4.78 is 1.66. The molecule has 0 fully saturated rings. The molecule has 1 N–H and O–H groups in total. The minimum Gasteiger partial charge on any atom is -0.326 e. The zero-order valence-electron chi connectivity index (χ0n) is 15.0. The summed E-state index contributed by atoms with van der Waals surface area (Å²) in [5.74, 6) is 0.343. The fourth-order valence-corrected chi connectivity index (χ4v) is 4.19. The smallest absolute Gasteiger partial charge is 0.257 e. The molecule has 0 radical (unpaired) electrons. The first-order valence-corrected chi connectivity index (χ1v) is 9.50. The van der Waals surface area contributed by atoms with Gasteiger partial charge >= 0.3 is 0 Å². The number of thioether (sulfide) groups is 1. The summed E-state index contributed by atoms with van der Waals surface area (Å²) in [7, 11) is 0. The van der Waals surface area contributed by atoms with Crippen molar-refractivity contribution in [2.75, 3.05) is 11.1 Å². The number of hydrogen-bond donors (Lipinski definition) is 1. The fourth-order valence-electron chi connectivity index (χ4n) is 3.07. The van der Waals surface area contributed by atoms with Gasteiger partial charge in [-0.25, -0.2) is 4.98 Å². The van der Waals surface area contributed by atoms with Gasteiger partial charge in [-0.3, -0.25) is 14.2 Å². The van der Waals surface area contributed by atoms with Crippen LogP contribution in [-0.2, 0) is 17.8 Å². The molecule has 0 spiro atoms. The first kappa shape index (κ1) is 17.7. The van der Waals surface area contributed by atoms with E-state index in [0.29, 0.717) is 18.7 Å². The summed E-state index contributed by atoms with van der Waals surface area (Å²) in [6.07, 6.45) is 0.655. The quantitative estimate of drug-likeness (QED) is 0.858. The Morgan fingerprint density at radius 1 is 1.36 bits per heavy atom. The summed E-state index contributed by atoms with van der Waals surface area (Å²) in [6.45, 7) is 8.20. The van der Waals surface area contributed by atoms with Crippen LogP contribution in [-0.4, -0.2) is 21.2 Å². The standard InChI is InChI=1S/C19H23N3O2S/c1-5-15-13(4)20-19-22(18(15)24)9-14(10-25-19)17(23)21-16-8-11(2)6-7-12(16)3/h6-8,14H,5,9-10H2,1-4H3,(H,21,23). The molecule has 25 heavy (non-hydrogen) atoms. The second-order valence-electron chi connectivity index (χ2n) is 6.54. The van der Waals surface area contributed by atoms with E-state index in [1.807, 2.05) is 45.9 Å². The zero-order chi connectivity index (χ0) is 18.1. The van der Waals surface area contributed by atoms with E-state index in [-0.39, 0.29) is 17.4 Å². The third-order valence-corrected chi connectivity index (χ3v) is 5.77. The molecule has 1 amide bonds. The molecule has 2 aromatic rings. The van der Waals surface area contributed by atoms with Crippen LogP contribution in [0.25, 0.3) is 0 Å². The number of nitrogens with one attached hydrogen (secondary N) is 1. The lowest BCUT2D eigenvalue weighted by molar-refractivity contribution is -0.119. The molecule has 1 aromatic heterocycles. The number of carbonyl (C=O) groups excluding carboxylic acids is 1. The maximum Gasteiger partial charge on any atom is 0.257 e. The first-order valence-electron chi connectivity index (χ1n) is 8.52. The Bertz CT molecular complexity index is 889. The molecule has 3 rings (SSSR count). The van der Waals surface area contributed by atoms with E-state index in [1.54, 1.807) is 4.57 Å². The van der Waals surface area contributed by atoms with Crippen molar-refractivity contribution >= 4 is 23.4 Å². The van der Waals surface area contributed by atoms with Crippen LogP contribution in [0.5, 0.6) is 0 Å². The molecule has 0 bridgehead atoms. The molecule has 1 aromatic carbocycles. The highest BCUT2D eigenvalue weighted by atomic mass is 32.2. The van der Waals surface area contributed by atoms with Crippen LogP contribution < -0.4 is 10.9 Å². The minimum absolute atomic E-state index is 0.0123. The van der Waals surface area contributed by atoms with Crippen molar-refractivity contribution < 1.29 is 4.79 Å². The van der Waals surface area contributed by atoms with Crippen molar-refractivity contribution in [2.24, 2.45) is 5.92 Å². The average Bonchev–Trinajstić information content (AvgIpc) is 2.58. The number of rotatable bonds is 3. The Morgan fingerprint density at radius 2 is 2.12 bits per heavy atom. The Kier molecular flexibility index (Phi) is 4.99. The number of aromatic nitrogens is 2. The van der Waals surface area contributed by atoms with Crippen LogP contribution in [0.4, 0.5) is 5.69 Å². The fraction of sp³-hybridized carbons (Fsp3) is 0.421. The number of amides is 1. The zero-order valence-corrected chi connectivity index (χ0v) is 15.9. The lowest BCUT2D eigenvalue weighted by Crippen LogP contribution is -2.38. The van der Waals surface area contributed by atoms with Crippen LogP contribution in [0, 0.1) is 26.7 Å². The third-order valence-electron chi connectivity index (χ3n) is 4.63. The van der Waals surface area contributed by atoms with E-state index in [2.05, 4.69) is 10.3 Å². The van der Waals surface area contributed by atoms with E-state index in [9.17, 15) is 9.59 Å². The van der Waals surface area contributed by atoms with Crippen molar-refractivity contribution in [3.63, 3.8) is 0 Å². The van der Waals surface area contributed by atoms with Gasteiger partial charge in [0.05, 0.1) is 5.92 Å². The van der Waals surface area contributed by atoms with E-state index in [1.165, 1.54) is 11.8 Å². The maximum atomic E-state index is 12.7. The number of benzene rings is 1. The number of hydrogen-bond acceptors (Lipinski definition) is 4. The van der Waals surface area contributed by atoms with E-state index < -0.39 is 0 Å². The molecule has 0 saturated heterocycles. The van der Waals surface area contributed by atoms with Crippen molar-refractivity contribution in [1.82, 2.24) is 9.55 Å². The van der Waals surface area contributed by atoms with Gasteiger partial charge in [0.25, 0.3) is 5.56 Å². The van der Waals surface area contributed by atoms with Crippen LogP contribution in [0.3, 0.4) is 0 Å². The van der Waals surface area contributed by atoms with E-state index in [4.69, 9.17) is 0 Å². The second kappa shape index (κ2) is 7.04. The number of nitrogens with zero attached hydrogens (tertiary/aromatic N) is 2. The molecule has 0 saturated carbocycles. The molecule has 132 valence electrons. The van der Waals surface area contributed by atoms with Crippen LogP contribution >= 0.6 is 11.8 Å². The predicted octanol–water partition coefficient (Wildman–Crippen LogP) is 3.09. The first-order chi connectivity index (χ1) is 11.9. The Labute approximate surface area is 151 Å². The van der Waals surface area contributed by atoms with Crippen molar-refractivity contribution in [3.05, 3.63) is 50.9 Å². The molecule has 5 nitrogen and oxygen atoms in total. The van der Waals surface area contributed by atoms with Gasteiger partial charge < -0.3 is 5.32 Å². The normalized spacial score (nSPS) is 16.4. The predicted molar refractivity (Wildman–Crippen MR) is 101 cm³/mol. The number of carbonyl (C=O) groups is 1. The molecule has 1 aliphatic heterocycles. The Hall–Kier alpha value is -2.08. The Morgan fingerprint density at radius 3 is 2.84 bits per heavy atom. The Balaban J connectivity index is 1.84. The number of fused-ring (bicyclic) bond motifs is 1. The highest BCUT2D eigenvalue weighted by Gasteiger charge is 2.28. The maximum absolute atomic E-state index is 12.7. The summed E-state index contributed by atoms with van der Waals surface area (Å²) in [4.78, 5) is 29.9. The highest BCUT2D eigenvalue weighted by molar-refractivity contribution is 7.99. The molecular formula is C19H23N3O2S. The molecule has 1 aliphatic rings. The van der Waals surface area contributed by atoms with Gasteiger partial charge in [0.1, 0.15) is 0 Å². The molecule has 0 aliphatic carbocycles. The van der Waals surface area contributed by atoms with E-state index >= 15 is 0 Å². The van der Waals surface area contributed by atoms with Crippen molar-refractivity contribution in [2.45, 2.75) is 45.8 Å². The molecule has 1 atom stereocenters. The van der Waals surface area contributed by atoms with Gasteiger partial charge in [-0.15, -0.1) is 0 Å². The molecule has 1 unspecified atom stereocenters. The minimum atomic E-state index is -0.246. The van der Waals surface area contributed by atoms with Gasteiger partial charge in [-0.2, -0.15) is 0 Å². The molecule has 6 heteroatoms. The van der Waals surface area contributed by atoms with Crippen LogP contribution in [0.1, 0.15) is 29.3 Å². The van der Waals surface area contributed by atoms with Gasteiger partial charge in [0, 0.05) is 29.2 Å². The van der Waals surface area contributed by atoms with Gasteiger partial charge in [-0.1, -0.05) is 30.8 Å². The van der Waals surface area contributed by atoms with Crippen LogP contribution in [0.15, 0.2) is 28.2 Å². The highest BCUT2D eigenvalue weighted by Crippen LogP contribution is 2.27. The summed E-state index contributed by atoms with van der Waals surface area (Å²) in [5, 5.41) is 3.74. The summed E-state index contributed by atoms with van der Waals surface area (Å²) in [5.41, 5.74) is 4.49. The number of anilines is 1. The summed E-state index contributed by atoms with van der Waals surface area (Å²) >= 11 is 1.48. The largest absolute Gasteiger partial charge is 0.326 e. The van der Waals surface area contributed by atoms with E-state index in [0.717, 1.165) is 33.2 Å². The third kappa shape index (κ3) is 3.49. The van der Waals surface area contributed by atoms with Crippen molar-refractivity contribution in [1.29, 1.82) is 0 Å². The lowest BCUT2D eigenvalue weighted by atomic mass is 10.1. The second-order valence-corrected chi connectivity index (χ2v) is 7.53. The van der Waals surface area contributed by atoms with Crippen LogP contribution in [0.2, 0.25) is 0 Å². The van der Waals surface area contributed by atoms with Crippen molar-refractivity contribution in [3.8, 4) is 0 Å². The summed E-state index contributed by atoms with van der Waals surface area (Å²) in [6, 6.07) is 6.00. The van der Waals surface area contributed by atoms with Gasteiger partial charge in [0.2, 0.25) is 5.91 Å². The van der Waals surface area contributed by atoms with Gasteiger partial charge in [-0.05, 0) is 44.4 Å². The lowest BCUT2D eigenvalue weighted by Gasteiger charge is -2.25.